The fraction of sp³-hybridized carbons (Fsp3) is 0.381. The number of likely N-dealkylation sites (tertiary alicyclic amines) is 2. The Morgan fingerprint density at radius 1 is 1.12 bits per heavy atom. The topological polar surface area (TPSA) is 53.5 Å². The van der Waals surface area contributed by atoms with Crippen LogP contribution in [0.15, 0.2) is 54.7 Å². The van der Waals surface area contributed by atoms with Crippen molar-refractivity contribution in [3.05, 3.63) is 66.0 Å². The van der Waals surface area contributed by atoms with Crippen LogP contribution in [-0.2, 0) is 16.1 Å². The van der Waals surface area contributed by atoms with E-state index in [2.05, 4.69) is 24.0 Å². The number of amides is 2. The van der Waals surface area contributed by atoms with Crippen LogP contribution in [0.25, 0.3) is 0 Å². The number of rotatable bonds is 4. The van der Waals surface area contributed by atoms with Crippen molar-refractivity contribution in [3.63, 3.8) is 0 Å². The van der Waals surface area contributed by atoms with E-state index in [1.165, 1.54) is 5.56 Å². The molecule has 0 aliphatic carbocycles. The van der Waals surface area contributed by atoms with Crippen LogP contribution < -0.4 is 0 Å². The molecule has 3 unspecified atom stereocenters. The molecule has 2 saturated heterocycles. The Hall–Kier alpha value is -2.69. The van der Waals surface area contributed by atoms with Gasteiger partial charge in [0.25, 0.3) is 0 Å². The summed E-state index contributed by atoms with van der Waals surface area (Å²) in [5.74, 6) is 0.348. The van der Waals surface area contributed by atoms with E-state index in [0.717, 1.165) is 12.2 Å². The monoisotopic (exact) mass is 349 g/mol. The van der Waals surface area contributed by atoms with Gasteiger partial charge in [0.05, 0.1) is 24.2 Å². The zero-order valence-electron chi connectivity index (χ0n) is 14.9. The Labute approximate surface area is 153 Å². The fourth-order valence-corrected chi connectivity index (χ4v) is 4.09. The Balaban J connectivity index is 1.43. The summed E-state index contributed by atoms with van der Waals surface area (Å²) in [6.45, 7) is 3.90. The second-order valence-corrected chi connectivity index (χ2v) is 7.32. The first-order valence-electron chi connectivity index (χ1n) is 9.16. The molecule has 2 amide bonds. The summed E-state index contributed by atoms with van der Waals surface area (Å²) < 4.78 is 0. The zero-order chi connectivity index (χ0) is 18.1. The van der Waals surface area contributed by atoms with E-state index in [0.29, 0.717) is 25.4 Å². The van der Waals surface area contributed by atoms with Gasteiger partial charge in [-0.1, -0.05) is 43.3 Å². The molecular weight excluding hydrogens is 326 g/mol. The lowest BCUT2D eigenvalue weighted by atomic mass is 9.83. The highest BCUT2D eigenvalue weighted by atomic mass is 16.2. The van der Waals surface area contributed by atoms with Crippen LogP contribution in [0, 0.1) is 11.8 Å². The number of aromatic nitrogens is 1. The highest BCUT2D eigenvalue weighted by Gasteiger charge is 2.45. The number of benzene rings is 1. The van der Waals surface area contributed by atoms with Crippen LogP contribution in [0.4, 0.5) is 0 Å². The molecular formula is C21H23N3O2. The second-order valence-electron chi connectivity index (χ2n) is 7.32. The van der Waals surface area contributed by atoms with Gasteiger partial charge < -0.3 is 9.80 Å². The Morgan fingerprint density at radius 3 is 2.58 bits per heavy atom. The normalized spacial score (nSPS) is 25.3. The number of carbonyl (C=O) groups is 2. The largest absolute Gasteiger partial charge is 0.336 e. The number of carbonyl (C=O) groups excluding carboxylic acids is 2. The van der Waals surface area contributed by atoms with Crippen molar-refractivity contribution in [1.29, 1.82) is 0 Å². The van der Waals surface area contributed by atoms with E-state index in [1.807, 2.05) is 41.3 Å². The minimum Gasteiger partial charge on any atom is -0.336 e. The molecule has 3 atom stereocenters. The third-order valence-electron chi connectivity index (χ3n) is 5.43. The van der Waals surface area contributed by atoms with E-state index in [9.17, 15) is 9.59 Å². The highest BCUT2D eigenvalue weighted by molar-refractivity contribution is 5.89. The van der Waals surface area contributed by atoms with Gasteiger partial charge in [0.15, 0.2) is 0 Å². The molecule has 1 aromatic carbocycles. The molecule has 5 heteroatoms. The van der Waals surface area contributed by atoms with Crippen LogP contribution in [0.1, 0.15) is 30.6 Å². The summed E-state index contributed by atoms with van der Waals surface area (Å²) >= 11 is 0. The molecule has 0 radical (unpaired) electrons. The van der Waals surface area contributed by atoms with E-state index < -0.39 is 0 Å². The van der Waals surface area contributed by atoms with Gasteiger partial charge in [-0.2, -0.15) is 0 Å². The van der Waals surface area contributed by atoms with Crippen molar-refractivity contribution < 1.29 is 9.59 Å². The van der Waals surface area contributed by atoms with Gasteiger partial charge in [-0.25, -0.2) is 0 Å². The molecule has 0 saturated carbocycles. The first-order valence-corrected chi connectivity index (χ1v) is 9.16. The van der Waals surface area contributed by atoms with Gasteiger partial charge in [-0.15, -0.1) is 0 Å². The predicted molar refractivity (Wildman–Crippen MR) is 97.8 cm³/mol. The summed E-state index contributed by atoms with van der Waals surface area (Å²) in [4.78, 5) is 33.4. The van der Waals surface area contributed by atoms with Crippen LogP contribution in [0.2, 0.25) is 0 Å². The first-order chi connectivity index (χ1) is 12.6. The highest BCUT2D eigenvalue weighted by Crippen LogP contribution is 2.40. The Kier molecular flexibility index (Phi) is 4.45. The zero-order valence-corrected chi connectivity index (χ0v) is 14.9. The van der Waals surface area contributed by atoms with E-state index in [-0.39, 0.29) is 23.8 Å². The minimum absolute atomic E-state index is 0.0406. The summed E-state index contributed by atoms with van der Waals surface area (Å²) in [6.07, 6.45) is 2.03. The lowest BCUT2D eigenvalue weighted by Gasteiger charge is -2.48. The van der Waals surface area contributed by atoms with Crippen molar-refractivity contribution in [3.8, 4) is 0 Å². The van der Waals surface area contributed by atoms with Gasteiger partial charge >= 0.3 is 0 Å². The summed E-state index contributed by atoms with van der Waals surface area (Å²) in [5, 5.41) is 0. The standard InChI is InChI=1S/C21H23N3O2/c1-15-12-24(20(15)16-7-3-2-4-8-16)21(26)17-11-19(25)23(13-17)14-18-9-5-6-10-22-18/h2-10,15,17,20H,11-14H2,1H3. The lowest BCUT2D eigenvalue weighted by molar-refractivity contribution is -0.148. The molecule has 4 rings (SSSR count). The summed E-state index contributed by atoms with van der Waals surface area (Å²) in [5.41, 5.74) is 2.03. The number of hydrogen-bond acceptors (Lipinski definition) is 3. The number of pyridine rings is 1. The van der Waals surface area contributed by atoms with Gasteiger partial charge in [-0.05, 0) is 23.6 Å². The smallest absolute Gasteiger partial charge is 0.228 e. The van der Waals surface area contributed by atoms with Gasteiger partial charge in [0.2, 0.25) is 11.8 Å². The quantitative estimate of drug-likeness (QED) is 0.853. The Morgan fingerprint density at radius 2 is 1.88 bits per heavy atom. The maximum Gasteiger partial charge on any atom is 0.228 e. The number of nitrogens with zero attached hydrogens (tertiary/aromatic N) is 3. The molecule has 2 aromatic rings. The summed E-state index contributed by atoms with van der Waals surface area (Å²) in [7, 11) is 0. The van der Waals surface area contributed by atoms with Crippen molar-refractivity contribution in [2.45, 2.75) is 25.9 Å². The maximum absolute atomic E-state index is 13.0. The van der Waals surface area contributed by atoms with Crippen LogP contribution in [0.5, 0.6) is 0 Å². The SMILES string of the molecule is CC1CN(C(=O)C2CC(=O)N(Cc3ccccn3)C2)C1c1ccccc1. The molecule has 26 heavy (non-hydrogen) atoms. The minimum atomic E-state index is -0.245. The molecule has 0 N–H and O–H groups in total. The average molecular weight is 349 g/mol. The van der Waals surface area contributed by atoms with Crippen LogP contribution in [-0.4, -0.2) is 39.7 Å². The van der Waals surface area contributed by atoms with Crippen molar-refractivity contribution in [2.24, 2.45) is 11.8 Å². The molecule has 0 spiro atoms. The number of hydrogen-bond donors (Lipinski definition) is 0. The molecule has 3 heterocycles. The summed E-state index contributed by atoms with van der Waals surface area (Å²) in [6, 6.07) is 16.0. The van der Waals surface area contributed by atoms with Gasteiger partial charge in [-0.3, -0.25) is 14.6 Å². The van der Waals surface area contributed by atoms with Gasteiger partial charge in [0.1, 0.15) is 0 Å². The molecule has 2 aliphatic heterocycles. The van der Waals surface area contributed by atoms with Crippen LogP contribution in [0.3, 0.4) is 0 Å². The average Bonchev–Trinajstić information content (AvgIpc) is 3.01. The fourth-order valence-electron chi connectivity index (χ4n) is 4.09. The lowest BCUT2D eigenvalue weighted by Crippen LogP contribution is -2.53. The van der Waals surface area contributed by atoms with Crippen molar-refractivity contribution in [1.82, 2.24) is 14.8 Å². The van der Waals surface area contributed by atoms with E-state index in [1.54, 1.807) is 11.1 Å². The molecule has 2 aliphatic rings. The van der Waals surface area contributed by atoms with Crippen molar-refractivity contribution >= 4 is 11.8 Å². The molecule has 1 aromatic heterocycles. The molecule has 2 fully saturated rings. The van der Waals surface area contributed by atoms with Crippen LogP contribution >= 0.6 is 0 Å². The third kappa shape index (κ3) is 3.09. The van der Waals surface area contributed by atoms with Crippen molar-refractivity contribution in [2.75, 3.05) is 13.1 Å². The van der Waals surface area contributed by atoms with Gasteiger partial charge in [0, 0.05) is 25.7 Å². The first kappa shape index (κ1) is 16.8. The molecule has 5 nitrogen and oxygen atoms in total. The van der Waals surface area contributed by atoms with E-state index in [4.69, 9.17) is 0 Å². The third-order valence-corrected chi connectivity index (χ3v) is 5.43. The molecule has 0 bridgehead atoms. The Bertz CT molecular complexity index is 793. The maximum atomic E-state index is 13.0. The predicted octanol–water partition coefficient (Wildman–Crippen LogP) is 2.65. The van der Waals surface area contributed by atoms with E-state index >= 15 is 0 Å². The molecule has 134 valence electrons. The second kappa shape index (κ2) is 6.90.